The van der Waals surface area contributed by atoms with E-state index in [1.54, 1.807) is 4.68 Å². The van der Waals surface area contributed by atoms with Gasteiger partial charge in [-0.3, -0.25) is 14.4 Å². The van der Waals surface area contributed by atoms with Crippen LogP contribution in [0, 0.1) is 6.92 Å². The van der Waals surface area contributed by atoms with Crippen LogP contribution in [-0.4, -0.2) is 30.8 Å². The lowest BCUT2D eigenvalue weighted by atomic mass is 9.95. The Bertz CT molecular complexity index is 1090. The van der Waals surface area contributed by atoms with E-state index in [2.05, 4.69) is 30.7 Å². The van der Waals surface area contributed by atoms with E-state index in [9.17, 15) is 4.79 Å². The molecule has 0 bridgehead atoms. The van der Waals surface area contributed by atoms with Crippen molar-refractivity contribution in [3.8, 4) is 5.69 Å². The average molecular weight is 392 g/mol. The van der Waals surface area contributed by atoms with Crippen LogP contribution in [0.1, 0.15) is 49.1 Å². The van der Waals surface area contributed by atoms with Gasteiger partial charge in [0.1, 0.15) is 5.82 Å². The summed E-state index contributed by atoms with van der Waals surface area (Å²) in [6.07, 6.45) is 2.86. The summed E-state index contributed by atoms with van der Waals surface area (Å²) in [5, 5.41) is 0. The first kappa shape index (κ1) is 19.6. The molecule has 0 fully saturated rings. The van der Waals surface area contributed by atoms with Crippen LogP contribution in [0.2, 0.25) is 0 Å². The third kappa shape index (κ3) is 3.65. The lowest BCUT2D eigenvalue weighted by molar-refractivity contribution is 0.241. The number of nitrogens with zero attached hydrogens (tertiary/aromatic N) is 5. The molecular weight excluding hydrogens is 362 g/mol. The summed E-state index contributed by atoms with van der Waals surface area (Å²) in [5.74, 6) is 0.898. The van der Waals surface area contributed by atoms with Crippen molar-refractivity contribution in [2.24, 2.45) is 7.05 Å². The third-order valence-electron chi connectivity index (χ3n) is 5.74. The summed E-state index contributed by atoms with van der Waals surface area (Å²) in [4.78, 5) is 24.9. The highest BCUT2D eigenvalue weighted by Gasteiger charge is 2.25. The van der Waals surface area contributed by atoms with Crippen LogP contribution in [0.3, 0.4) is 0 Å². The van der Waals surface area contributed by atoms with Gasteiger partial charge in [0.15, 0.2) is 0 Å². The molecule has 0 amide bonds. The molecule has 0 unspecified atom stereocenters. The highest BCUT2D eigenvalue weighted by atomic mass is 16.1. The molecule has 2 aromatic heterocycles. The van der Waals surface area contributed by atoms with Gasteiger partial charge in [0.05, 0.1) is 11.3 Å². The minimum atomic E-state index is -0.0458. The topological polar surface area (TPSA) is 56.0 Å². The number of hydrogen-bond donors (Lipinski definition) is 0. The van der Waals surface area contributed by atoms with E-state index in [1.807, 2.05) is 55.2 Å². The monoisotopic (exact) mass is 391 g/mol. The maximum atomic E-state index is 13.2. The average Bonchev–Trinajstić information content (AvgIpc) is 2.91. The predicted octanol–water partition coefficient (Wildman–Crippen LogP) is 3.13. The molecule has 29 heavy (non-hydrogen) atoms. The number of hydrogen-bond acceptors (Lipinski definition) is 4. The number of aromatic nitrogens is 4. The Morgan fingerprint density at radius 2 is 1.86 bits per heavy atom. The van der Waals surface area contributed by atoms with Crippen molar-refractivity contribution in [3.05, 3.63) is 75.2 Å². The van der Waals surface area contributed by atoms with Gasteiger partial charge in [-0.15, -0.1) is 0 Å². The van der Waals surface area contributed by atoms with Gasteiger partial charge < -0.3 is 0 Å². The summed E-state index contributed by atoms with van der Waals surface area (Å²) >= 11 is 0. The van der Waals surface area contributed by atoms with E-state index in [4.69, 9.17) is 4.98 Å². The Labute approximate surface area is 171 Å². The SMILES string of the molecule is Cc1c(CN2CCc3nc(C(C)(C)C)ncc3C2)c(=O)n(-c2ccccc2)n1C. The molecule has 0 radical (unpaired) electrons. The second-order valence-electron chi connectivity index (χ2n) is 8.92. The van der Waals surface area contributed by atoms with Crippen molar-refractivity contribution in [2.75, 3.05) is 6.54 Å². The number of para-hydroxylation sites is 1. The van der Waals surface area contributed by atoms with Gasteiger partial charge in [0, 0.05) is 61.7 Å². The summed E-state index contributed by atoms with van der Waals surface area (Å²) in [7, 11) is 1.95. The normalized spacial score (nSPS) is 14.8. The molecule has 0 saturated carbocycles. The lowest BCUT2D eigenvalue weighted by Crippen LogP contribution is -2.33. The summed E-state index contributed by atoms with van der Waals surface area (Å²) in [6, 6.07) is 9.80. The van der Waals surface area contributed by atoms with Crippen molar-refractivity contribution in [2.45, 2.75) is 52.6 Å². The smallest absolute Gasteiger partial charge is 0.276 e. The second kappa shape index (κ2) is 7.26. The zero-order valence-corrected chi connectivity index (χ0v) is 17.9. The first-order valence-corrected chi connectivity index (χ1v) is 10.2. The van der Waals surface area contributed by atoms with E-state index in [0.29, 0.717) is 6.54 Å². The molecule has 1 aromatic carbocycles. The van der Waals surface area contributed by atoms with E-state index in [1.165, 1.54) is 5.56 Å². The van der Waals surface area contributed by atoms with Crippen LogP contribution >= 0.6 is 0 Å². The van der Waals surface area contributed by atoms with Crippen molar-refractivity contribution < 1.29 is 0 Å². The standard InChI is InChI=1S/C23H29N5O/c1-16-19(21(29)28(26(16)5)18-9-7-6-8-10-18)15-27-12-11-20-17(14-27)13-24-22(25-20)23(2,3)4/h6-10,13H,11-12,14-15H2,1-5H3. The molecule has 0 spiro atoms. The Kier molecular flexibility index (Phi) is 4.90. The van der Waals surface area contributed by atoms with Crippen LogP contribution < -0.4 is 5.56 Å². The van der Waals surface area contributed by atoms with Crippen LogP contribution in [-0.2, 0) is 32.0 Å². The molecule has 1 aliphatic heterocycles. The Hall–Kier alpha value is -2.73. The van der Waals surface area contributed by atoms with E-state index >= 15 is 0 Å². The zero-order chi connectivity index (χ0) is 20.8. The molecule has 1 aliphatic rings. The molecule has 152 valence electrons. The van der Waals surface area contributed by atoms with Gasteiger partial charge in [-0.2, -0.15) is 0 Å². The first-order valence-electron chi connectivity index (χ1n) is 10.2. The predicted molar refractivity (Wildman–Crippen MR) is 114 cm³/mol. The summed E-state index contributed by atoms with van der Waals surface area (Å²) < 4.78 is 3.70. The van der Waals surface area contributed by atoms with Gasteiger partial charge in [-0.05, 0) is 19.1 Å². The minimum Gasteiger partial charge on any atom is -0.294 e. The van der Waals surface area contributed by atoms with Crippen LogP contribution in [0.15, 0.2) is 41.3 Å². The van der Waals surface area contributed by atoms with Crippen molar-refractivity contribution in [3.63, 3.8) is 0 Å². The van der Waals surface area contributed by atoms with Crippen LogP contribution in [0.25, 0.3) is 5.69 Å². The number of benzene rings is 1. The van der Waals surface area contributed by atoms with Crippen molar-refractivity contribution in [1.82, 2.24) is 24.2 Å². The van der Waals surface area contributed by atoms with Gasteiger partial charge >= 0.3 is 0 Å². The Morgan fingerprint density at radius 3 is 2.55 bits per heavy atom. The largest absolute Gasteiger partial charge is 0.294 e. The molecule has 0 saturated heterocycles. The van der Waals surface area contributed by atoms with Gasteiger partial charge in [-0.1, -0.05) is 39.0 Å². The van der Waals surface area contributed by atoms with E-state index < -0.39 is 0 Å². The van der Waals surface area contributed by atoms with E-state index in [-0.39, 0.29) is 11.0 Å². The fourth-order valence-electron chi connectivity index (χ4n) is 3.90. The molecule has 4 rings (SSSR count). The Balaban J connectivity index is 1.60. The van der Waals surface area contributed by atoms with E-state index in [0.717, 1.165) is 48.0 Å². The molecule has 0 atom stereocenters. The van der Waals surface area contributed by atoms with Gasteiger partial charge in [-0.25, -0.2) is 14.6 Å². The molecule has 3 heterocycles. The maximum absolute atomic E-state index is 13.2. The van der Waals surface area contributed by atoms with Crippen LogP contribution in [0.5, 0.6) is 0 Å². The minimum absolute atomic E-state index is 0.0458. The molecular formula is C23H29N5O. The molecule has 6 heteroatoms. The third-order valence-corrected chi connectivity index (χ3v) is 5.74. The second-order valence-corrected chi connectivity index (χ2v) is 8.92. The van der Waals surface area contributed by atoms with Gasteiger partial charge in [0.25, 0.3) is 5.56 Å². The van der Waals surface area contributed by atoms with Crippen molar-refractivity contribution in [1.29, 1.82) is 0 Å². The van der Waals surface area contributed by atoms with Crippen molar-refractivity contribution >= 4 is 0 Å². The first-order chi connectivity index (χ1) is 13.8. The Morgan fingerprint density at radius 1 is 1.14 bits per heavy atom. The molecule has 6 nitrogen and oxygen atoms in total. The lowest BCUT2D eigenvalue weighted by Gasteiger charge is -2.28. The number of rotatable bonds is 3. The number of fused-ring (bicyclic) bond motifs is 1. The fraction of sp³-hybridized carbons (Fsp3) is 0.435. The van der Waals surface area contributed by atoms with Gasteiger partial charge in [0.2, 0.25) is 0 Å². The zero-order valence-electron chi connectivity index (χ0n) is 17.9. The summed E-state index contributed by atoms with van der Waals surface area (Å²) in [6.45, 7) is 10.7. The quantitative estimate of drug-likeness (QED) is 0.688. The fourth-order valence-corrected chi connectivity index (χ4v) is 3.90. The molecule has 3 aromatic rings. The maximum Gasteiger partial charge on any atom is 0.276 e. The molecule has 0 N–H and O–H groups in total. The summed E-state index contributed by atoms with van der Waals surface area (Å²) in [5.41, 5.74) is 5.07. The highest BCUT2D eigenvalue weighted by Crippen LogP contribution is 2.23. The van der Waals surface area contributed by atoms with Crippen LogP contribution in [0.4, 0.5) is 0 Å². The highest BCUT2D eigenvalue weighted by molar-refractivity contribution is 5.33. The molecule has 0 aliphatic carbocycles.